The van der Waals surface area contributed by atoms with Gasteiger partial charge in [-0.3, -0.25) is 10.1 Å². The summed E-state index contributed by atoms with van der Waals surface area (Å²) in [5.74, 6) is -2.24. The Morgan fingerprint density at radius 1 is 1.45 bits per heavy atom. The summed E-state index contributed by atoms with van der Waals surface area (Å²) in [6.07, 6.45) is 1.51. The van der Waals surface area contributed by atoms with Crippen molar-refractivity contribution < 1.29 is 19.2 Å². The molecule has 0 aliphatic carbocycles. The van der Waals surface area contributed by atoms with Gasteiger partial charge in [-0.25, -0.2) is 9.18 Å². The molecule has 110 valence electrons. The van der Waals surface area contributed by atoms with Crippen LogP contribution >= 0.6 is 0 Å². The first kappa shape index (κ1) is 15.9. The third-order valence-corrected chi connectivity index (χ3v) is 3.36. The predicted octanol–water partition coefficient (Wildman–Crippen LogP) is 3.06. The molecule has 20 heavy (non-hydrogen) atoms. The lowest BCUT2D eigenvalue weighted by atomic mass is 10.1. The molecule has 0 amide bonds. The number of hydrogen-bond acceptors (Lipinski definition) is 4. The maximum atomic E-state index is 14.0. The molecule has 0 saturated carbocycles. The summed E-state index contributed by atoms with van der Waals surface area (Å²) in [4.78, 5) is 22.6. The molecular formula is C13H17FN2O4. The van der Waals surface area contributed by atoms with Gasteiger partial charge in [-0.1, -0.05) is 13.8 Å². The van der Waals surface area contributed by atoms with Gasteiger partial charge in [0.25, 0.3) is 5.69 Å². The van der Waals surface area contributed by atoms with Crippen molar-refractivity contribution in [1.29, 1.82) is 0 Å². The Morgan fingerprint density at radius 2 is 2.00 bits per heavy atom. The Kier molecular flexibility index (Phi) is 5.01. The fraction of sp³-hybridized carbons (Fsp3) is 0.462. The van der Waals surface area contributed by atoms with Crippen LogP contribution in [0.15, 0.2) is 12.1 Å². The Morgan fingerprint density at radius 3 is 2.40 bits per heavy atom. The molecule has 0 fully saturated rings. The average molecular weight is 284 g/mol. The molecule has 1 N–H and O–H groups in total. The maximum Gasteiger partial charge on any atom is 0.342 e. The van der Waals surface area contributed by atoms with E-state index in [-0.39, 0.29) is 11.7 Å². The Balaban J connectivity index is 3.39. The molecule has 0 atom stereocenters. The molecular weight excluding hydrogens is 267 g/mol. The van der Waals surface area contributed by atoms with Crippen LogP contribution in [0.25, 0.3) is 0 Å². The van der Waals surface area contributed by atoms with Crippen LogP contribution in [0.5, 0.6) is 0 Å². The van der Waals surface area contributed by atoms with Crippen LogP contribution in [0.3, 0.4) is 0 Å². The molecule has 0 aromatic heterocycles. The quantitative estimate of drug-likeness (QED) is 0.641. The van der Waals surface area contributed by atoms with Crippen LogP contribution in [-0.4, -0.2) is 29.1 Å². The fourth-order valence-electron chi connectivity index (χ4n) is 2.18. The van der Waals surface area contributed by atoms with Gasteiger partial charge in [0, 0.05) is 13.1 Å². The molecule has 0 radical (unpaired) electrons. The summed E-state index contributed by atoms with van der Waals surface area (Å²) >= 11 is 0. The minimum Gasteiger partial charge on any atom is -0.477 e. The van der Waals surface area contributed by atoms with Gasteiger partial charge in [0.1, 0.15) is 5.56 Å². The summed E-state index contributed by atoms with van der Waals surface area (Å²) < 4.78 is 14.0. The van der Waals surface area contributed by atoms with E-state index in [1.807, 2.05) is 13.8 Å². The van der Waals surface area contributed by atoms with Crippen LogP contribution in [0, 0.1) is 15.9 Å². The molecule has 0 aliphatic heterocycles. The normalized spacial score (nSPS) is 10.7. The number of halogens is 1. The monoisotopic (exact) mass is 284 g/mol. The zero-order chi connectivity index (χ0) is 15.4. The highest BCUT2D eigenvalue weighted by Gasteiger charge is 2.25. The molecule has 0 aliphatic rings. The Bertz CT molecular complexity index is 529. The van der Waals surface area contributed by atoms with Crippen molar-refractivity contribution in [2.75, 3.05) is 11.9 Å². The molecule has 7 heteroatoms. The first-order valence-electron chi connectivity index (χ1n) is 6.27. The number of nitro benzene ring substituents is 1. The SMILES string of the molecule is CCC(CC)N(C)c1cc(C(=O)O)c([N+](=O)[O-])cc1F. The number of carboxylic acid groups (broad SMARTS) is 1. The van der Waals surface area contributed by atoms with E-state index in [0.717, 1.165) is 18.9 Å². The summed E-state index contributed by atoms with van der Waals surface area (Å²) in [6.45, 7) is 3.87. The lowest BCUT2D eigenvalue weighted by Crippen LogP contribution is -2.31. The number of anilines is 1. The first-order valence-corrected chi connectivity index (χ1v) is 6.27. The summed E-state index contributed by atoms with van der Waals surface area (Å²) in [5, 5.41) is 19.8. The fourth-order valence-corrected chi connectivity index (χ4v) is 2.18. The van der Waals surface area contributed by atoms with Crippen molar-refractivity contribution >= 4 is 17.3 Å². The topological polar surface area (TPSA) is 83.7 Å². The molecule has 0 unspecified atom stereocenters. The van der Waals surface area contributed by atoms with Gasteiger partial charge in [0.2, 0.25) is 0 Å². The van der Waals surface area contributed by atoms with Gasteiger partial charge in [0.05, 0.1) is 16.7 Å². The van der Waals surface area contributed by atoms with Gasteiger partial charge < -0.3 is 10.0 Å². The van der Waals surface area contributed by atoms with E-state index in [1.165, 1.54) is 0 Å². The highest BCUT2D eigenvalue weighted by Crippen LogP contribution is 2.30. The molecule has 6 nitrogen and oxygen atoms in total. The zero-order valence-corrected chi connectivity index (χ0v) is 11.6. The van der Waals surface area contributed by atoms with E-state index >= 15 is 0 Å². The lowest BCUT2D eigenvalue weighted by Gasteiger charge is -2.28. The lowest BCUT2D eigenvalue weighted by molar-refractivity contribution is -0.385. The molecule has 0 heterocycles. The Hall–Kier alpha value is -2.18. The second-order valence-corrected chi connectivity index (χ2v) is 4.46. The van der Waals surface area contributed by atoms with E-state index in [2.05, 4.69) is 0 Å². The number of carbonyl (C=O) groups is 1. The molecule has 0 bridgehead atoms. The molecule has 0 spiro atoms. The van der Waals surface area contributed by atoms with Crippen molar-refractivity contribution in [1.82, 2.24) is 0 Å². The van der Waals surface area contributed by atoms with Gasteiger partial charge >= 0.3 is 5.97 Å². The van der Waals surface area contributed by atoms with E-state index in [1.54, 1.807) is 11.9 Å². The third kappa shape index (κ3) is 3.04. The number of hydrogen-bond donors (Lipinski definition) is 1. The summed E-state index contributed by atoms with van der Waals surface area (Å²) in [5.41, 5.74) is -1.19. The summed E-state index contributed by atoms with van der Waals surface area (Å²) in [7, 11) is 1.65. The highest BCUT2D eigenvalue weighted by atomic mass is 19.1. The van der Waals surface area contributed by atoms with Crippen LogP contribution in [-0.2, 0) is 0 Å². The Labute approximate surface area is 116 Å². The number of nitro groups is 1. The number of benzene rings is 1. The molecule has 1 aromatic carbocycles. The zero-order valence-electron chi connectivity index (χ0n) is 11.6. The average Bonchev–Trinajstić information content (AvgIpc) is 2.39. The minimum absolute atomic E-state index is 0.0348. The van der Waals surface area contributed by atoms with Crippen molar-refractivity contribution in [3.8, 4) is 0 Å². The predicted molar refractivity (Wildman–Crippen MR) is 72.8 cm³/mol. The van der Waals surface area contributed by atoms with E-state index in [9.17, 15) is 19.3 Å². The number of rotatable bonds is 6. The number of carboxylic acids is 1. The van der Waals surface area contributed by atoms with Gasteiger partial charge in [-0.2, -0.15) is 0 Å². The van der Waals surface area contributed by atoms with E-state index < -0.39 is 28.0 Å². The van der Waals surface area contributed by atoms with Crippen LogP contribution in [0.1, 0.15) is 37.0 Å². The number of aromatic carboxylic acids is 1. The minimum atomic E-state index is -1.45. The van der Waals surface area contributed by atoms with Crippen molar-refractivity contribution in [2.45, 2.75) is 32.7 Å². The second-order valence-electron chi connectivity index (χ2n) is 4.46. The summed E-state index contributed by atoms with van der Waals surface area (Å²) in [6, 6.07) is 1.72. The molecule has 1 aromatic rings. The van der Waals surface area contributed by atoms with Crippen LogP contribution < -0.4 is 4.90 Å². The first-order chi connectivity index (χ1) is 9.33. The van der Waals surface area contributed by atoms with Crippen LogP contribution in [0.2, 0.25) is 0 Å². The smallest absolute Gasteiger partial charge is 0.342 e. The number of nitrogens with zero attached hydrogens (tertiary/aromatic N) is 2. The van der Waals surface area contributed by atoms with Crippen molar-refractivity contribution in [3.05, 3.63) is 33.6 Å². The van der Waals surface area contributed by atoms with Crippen molar-refractivity contribution in [3.63, 3.8) is 0 Å². The third-order valence-electron chi connectivity index (χ3n) is 3.36. The van der Waals surface area contributed by atoms with Gasteiger partial charge in [-0.05, 0) is 18.9 Å². The van der Waals surface area contributed by atoms with Crippen LogP contribution in [0.4, 0.5) is 15.8 Å². The van der Waals surface area contributed by atoms with Gasteiger partial charge in [-0.15, -0.1) is 0 Å². The van der Waals surface area contributed by atoms with Crippen molar-refractivity contribution in [2.24, 2.45) is 0 Å². The molecule has 1 rings (SSSR count). The molecule has 0 saturated heterocycles. The van der Waals surface area contributed by atoms with E-state index in [4.69, 9.17) is 5.11 Å². The second kappa shape index (κ2) is 6.31. The highest BCUT2D eigenvalue weighted by molar-refractivity contribution is 5.93. The van der Waals surface area contributed by atoms with Gasteiger partial charge in [0.15, 0.2) is 5.82 Å². The maximum absolute atomic E-state index is 14.0. The van der Waals surface area contributed by atoms with E-state index in [0.29, 0.717) is 6.07 Å². The standard InChI is InChI=1S/C13H17FN2O4/c1-4-8(5-2)15(3)12-6-9(13(17)18)11(16(19)20)7-10(12)14/h6-8H,4-5H2,1-3H3,(H,17,18). The largest absolute Gasteiger partial charge is 0.477 e.